The maximum atomic E-state index is 12.5. The summed E-state index contributed by atoms with van der Waals surface area (Å²) < 4.78 is 1.90. The number of hydrogen-bond acceptors (Lipinski definition) is 4. The number of pyridine rings is 1. The van der Waals surface area contributed by atoms with Gasteiger partial charge in [-0.3, -0.25) is 4.98 Å². The smallest absolute Gasteiger partial charge is 0.321 e. The van der Waals surface area contributed by atoms with Gasteiger partial charge in [-0.15, -0.1) is 5.10 Å². The summed E-state index contributed by atoms with van der Waals surface area (Å²) >= 11 is 0. The highest BCUT2D eigenvalue weighted by molar-refractivity contribution is 5.90. The van der Waals surface area contributed by atoms with Gasteiger partial charge in [0.15, 0.2) is 0 Å². The number of benzene rings is 1. The van der Waals surface area contributed by atoms with E-state index >= 15 is 0 Å². The molecule has 0 aliphatic carbocycles. The topological polar surface area (TPSA) is 75.9 Å². The molecule has 2 amide bonds. The van der Waals surface area contributed by atoms with Crippen LogP contribution in [0.3, 0.4) is 0 Å². The quantitative estimate of drug-likeness (QED) is 0.773. The first-order valence-electron chi connectivity index (χ1n) is 9.15. The summed E-state index contributed by atoms with van der Waals surface area (Å²) in [6.45, 7) is 3.38. The number of aromatic nitrogens is 4. The van der Waals surface area contributed by atoms with Gasteiger partial charge in [0.25, 0.3) is 0 Å². The van der Waals surface area contributed by atoms with E-state index in [0.29, 0.717) is 13.1 Å². The molecule has 0 spiro atoms. The minimum absolute atomic E-state index is 0.0458. The maximum absolute atomic E-state index is 12.5. The summed E-state index contributed by atoms with van der Waals surface area (Å²) in [6.07, 6.45) is 5.40. The van der Waals surface area contributed by atoms with Gasteiger partial charge in [-0.05, 0) is 43.5 Å². The van der Waals surface area contributed by atoms with Crippen LogP contribution in [0, 0.1) is 6.92 Å². The van der Waals surface area contributed by atoms with Crippen molar-refractivity contribution in [1.82, 2.24) is 24.9 Å². The number of anilines is 1. The average molecular weight is 362 g/mol. The maximum Gasteiger partial charge on any atom is 0.321 e. The molecule has 138 valence electrons. The number of urea groups is 1. The lowest BCUT2D eigenvalue weighted by molar-refractivity contribution is 0.179. The van der Waals surface area contributed by atoms with Gasteiger partial charge in [-0.1, -0.05) is 29.5 Å². The molecular formula is C20H22N6O. The fraction of sp³-hybridized carbons (Fsp3) is 0.300. The van der Waals surface area contributed by atoms with Gasteiger partial charge in [0.1, 0.15) is 5.69 Å². The summed E-state index contributed by atoms with van der Waals surface area (Å²) in [5.41, 5.74) is 3.51. The molecule has 7 heteroatoms. The highest BCUT2D eigenvalue weighted by Gasteiger charge is 2.25. The highest BCUT2D eigenvalue weighted by Crippen LogP contribution is 2.24. The number of nitrogens with one attached hydrogen (secondary N) is 1. The number of rotatable bonds is 3. The zero-order valence-electron chi connectivity index (χ0n) is 15.2. The van der Waals surface area contributed by atoms with Crippen molar-refractivity contribution in [3.63, 3.8) is 0 Å². The van der Waals surface area contributed by atoms with Crippen molar-refractivity contribution in [2.75, 3.05) is 18.4 Å². The SMILES string of the molecule is Cc1ccccc1NC(=O)N1CCC(n2cc(-c3ccccn3)nn2)CC1. The van der Waals surface area contributed by atoms with Crippen LogP contribution in [-0.4, -0.2) is 44.0 Å². The van der Waals surface area contributed by atoms with E-state index in [1.807, 2.05) is 65.2 Å². The Kier molecular flexibility index (Phi) is 4.82. The third kappa shape index (κ3) is 3.81. The van der Waals surface area contributed by atoms with Crippen LogP contribution in [0.2, 0.25) is 0 Å². The van der Waals surface area contributed by atoms with Crippen LogP contribution < -0.4 is 5.32 Å². The highest BCUT2D eigenvalue weighted by atomic mass is 16.2. The van der Waals surface area contributed by atoms with Gasteiger partial charge in [-0.25, -0.2) is 9.48 Å². The molecule has 0 saturated carbocycles. The molecule has 27 heavy (non-hydrogen) atoms. The first-order chi connectivity index (χ1) is 13.2. The van der Waals surface area contributed by atoms with Gasteiger partial charge in [-0.2, -0.15) is 0 Å². The predicted molar refractivity (Wildman–Crippen MR) is 103 cm³/mol. The number of nitrogens with zero attached hydrogens (tertiary/aromatic N) is 5. The summed E-state index contributed by atoms with van der Waals surface area (Å²) in [5, 5.41) is 11.5. The minimum atomic E-state index is -0.0458. The Hall–Kier alpha value is -3.22. The van der Waals surface area contributed by atoms with Gasteiger partial charge in [0.2, 0.25) is 0 Å². The van der Waals surface area contributed by atoms with Crippen LogP contribution in [0.4, 0.5) is 10.5 Å². The van der Waals surface area contributed by atoms with Gasteiger partial charge in [0, 0.05) is 25.0 Å². The molecule has 1 aliphatic rings. The zero-order valence-corrected chi connectivity index (χ0v) is 15.2. The van der Waals surface area contributed by atoms with E-state index in [-0.39, 0.29) is 12.1 Å². The molecule has 0 radical (unpaired) electrons. The first-order valence-corrected chi connectivity index (χ1v) is 9.15. The molecule has 2 aromatic heterocycles. The van der Waals surface area contributed by atoms with Gasteiger partial charge >= 0.3 is 6.03 Å². The van der Waals surface area contributed by atoms with Gasteiger partial charge < -0.3 is 10.2 Å². The molecule has 0 bridgehead atoms. The number of hydrogen-bond donors (Lipinski definition) is 1. The van der Waals surface area contributed by atoms with E-state index in [1.54, 1.807) is 6.20 Å². The first kappa shape index (κ1) is 17.2. The van der Waals surface area contributed by atoms with Crippen molar-refractivity contribution in [3.05, 3.63) is 60.4 Å². The number of carbonyl (C=O) groups is 1. The molecule has 4 rings (SSSR count). The zero-order chi connectivity index (χ0) is 18.6. The minimum Gasteiger partial charge on any atom is -0.324 e. The number of likely N-dealkylation sites (tertiary alicyclic amines) is 1. The second-order valence-electron chi connectivity index (χ2n) is 6.76. The van der Waals surface area contributed by atoms with Crippen molar-refractivity contribution in [3.8, 4) is 11.4 Å². The molecule has 3 heterocycles. The third-order valence-electron chi connectivity index (χ3n) is 4.95. The Morgan fingerprint density at radius 1 is 1.07 bits per heavy atom. The second-order valence-corrected chi connectivity index (χ2v) is 6.76. The van der Waals surface area contributed by atoms with E-state index in [4.69, 9.17) is 0 Å². The monoisotopic (exact) mass is 362 g/mol. The molecular weight excluding hydrogens is 340 g/mol. The molecule has 0 unspecified atom stereocenters. The van der Waals surface area contributed by atoms with E-state index in [1.165, 1.54) is 0 Å². The number of carbonyl (C=O) groups excluding carboxylic acids is 1. The van der Waals surface area contributed by atoms with Crippen LogP contribution in [0.25, 0.3) is 11.4 Å². The van der Waals surface area contributed by atoms with Crippen LogP contribution in [-0.2, 0) is 0 Å². The van der Waals surface area contributed by atoms with E-state index in [0.717, 1.165) is 35.5 Å². The molecule has 3 aromatic rings. The fourth-order valence-electron chi connectivity index (χ4n) is 3.33. The largest absolute Gasteiger partial charge is 0.324 e. The van der Waals surface area contributed by atoms with Crippen molar-refractivity contribution < 1.29 is 4.79 Å². The third-order valence-corrected chi connectivity index (χ3v) is 4.95. The molecule has 1 saturated heterocycles. The Balaban J connectivity index is 1.36. The predicted octanol–water partition coefficient (Wildman–Crippen LogP) is 3.52. The molecule has 0 atom stereocenters. The molecule has 1 N–H and O–H groups in total. The summed E-state index contributed by atoms with van der Waals surface area (Å²) in [4.78, 5) is 18.7. The molecule has 1 aromatic carbocycles. The Labute approximate surface area is 158 Å². The van der Waals surface area contributed by atoms with E-state index in [2.05, 4.69) is 20.6 Å². The number of para-hydroxylation sites is 1. The van der Waals surface area contributed by atoms with Crippen LogP contribution in [0.15, 0.2) is 54.9 Å². The molecule has 1 aliphatic heterocycles. The van der Waals surface area contributed by atoms with Crippen LogP contribution in [0.1, 0.15) is 24.4 Å². The van der Waals surface area contributed by atoms with E-state index < -0.39 is 0 Å². The van der Waals surface area contributed by atoms with Crippen molar-refractivity contribution in [2.24, 2.45) is 0 Å². The summed E-state index contributed by atoms with van der Waals surface area (Å²) in [7, 11) is 0. The van der Waals surface area contributed by atoms with Crippen molar-refractivity contribution in [2.45, 2.75) is 25.8 Å². The summed E-state index contributed by atoms with van der Waals surface area (Å²) in [5.74, 6) is 0. The van der Waals surface area contributed by atoms with Gasteiger partial charge in [0.05, 0.1) is 17.9 Å². The van der Waals surface area contributed by atoms with E-state index in [9.17, 15) is 4.79 Å². The molecule has 7 nitrogen and oxygen atoms in total. The van der Waals surface area contributed by atoms with Crippen molar-refractivity contribution in [1.29, 1.82) is 0 Å². The number of aryl methyl sites for hydroxylation is 1. The van der Waals surface area contributed by atoms with Crippen molar-refractivity contribution >= 4 is 11.7 Å². The Bertz CT molecular complexity index is 915. The second kappa shape index (κ2) is 7.57. The molecule has 1 fully saturated rings. The lowest BCUT2D eigenvalue weighted by Gasteiger charge is -2.32. The standard InChI is InChI=1S/C20H22N6O/c1-15-6-2-3-7-17(15)22-20(27)25-12-9-16(10-13-25)26-14-19(23-24-26)18-8-4-5-11-21-18/h2-8,11,14,16H,9-10,12-13H2,1H3,(H,22,27). The normalized spacial score (nSPS) is 14.9. The number of amides is 2. The average Bonchev–Trinajstić information content (AvgIpc) is 3.21. The Morgan fingerprint density at radius 2 is 1.85 bits per heavy atom. The lowest BCUT2D eigenvalue weighted by Crippen LogP contribution is -2.41. The lowest BCUT2D eigenvalue weighted by atomic mass is 10.1. The Morgan fingerprint density at radius 3 is 2.59 bits per heavy atom. The summed E-state index contributed by atoms with van der Waals surface area (Å²) in [6, 6.07) is 13.8. The van der Waals surface area contributed by atoms with Crippen LogP contribution >= 0.6 is 0 Å². The number of piperidine rings is 1. The fourth-order valence-corrected chi connectivity index (χ4v) is 3.33. The van der Waals surface area contributed by atoms with Crippen LogP contribution in [0.5, 0.6) is 0 Å².